The van der Waals surface area contributed by atoms with Gasteiger partial charge >= 0.3 is 11.9 Å². The van der Waals surface area contributed by atoms with Crippen molar-refractivity contribution in [1.29, 1.82) is 0 Å². The van der Waals surface area contributed by atoms with E-state index in [-0.39, 0.29) is 4.48 Å². The summed E-state index contributed by atoms with van der Waals surface area (Å²) < 4.78 is -0.292. The van der Waals surface area contributed by atoms with E-state index in [4.69, 9.17) is 15.3 Å². The maximum absolute atomic E-state index is 10.5. The quantitative estimate of drug-likeness (QED) is 0.294. The lowest BCUT2D eigenvalue weighted by Crippen LogP contribution is -2.09. The van der Waals surface area contributed by atoms with E-state index in [1.807, 2.05) is 0 Å². The molecule has 0 amide bonds. The molecule has 0 aliphatic carbocycles. The van der Waals surface area contributed by atoms with Gasteiger partial charge < -0.3 is 15.3 Å². The number of hydrogen-bond donors (Lipinski definition) is 3. The topological polar surface area (TPSA) is 112 Å². The summed E-state index contributed by atoms with van der Waals surface area (Å²) in [5, 5.41) is 25.4. The fourth-order valence-electron chi connectivity index (χ4n) is 0.437. The molecule has 7 heteroatoms. The van der Waals surface area contributed by atoms with E-state index in [1.54, 1.807) is 0 Å². The van der Waals surface area contributed by atoms with Crippen molar-refractivity contribution in [1.82, 2.24) is 0 Å². The number of aliphatic carboxylic acids is 2. The Bertz CT molecular complexity index is 340. The summed E-state index contributed by atoms with van der Waals surface area (Å²) >= 11 is 2.64. The number of carbonyl (C=O) groups excluding carboxylic acids is 1. The maximum atomic E-state index is 10.5. The number of aliphatic hydroxyl groups is 1. The normalized spacial score (nSPS) is 12.4. The Morgan fingerprint density at radius 2 is 1.50 bits per heavy atom. The highest BCUT2D eigenvalue weighted by atomic mass is 79.9. The molecule has 0 aliphatic heterocycles. The van der Waals surface area contributed by atoms with Gasteiger partial charge in [0, 0.05) is 12.2 Å². The van der Waals surface area contributed by atoms with Crippen LogP contribution in [0.2, 0.25) is 0 Å². The molecule has 0 radical (unpaired) electrons. The Balaban J connectivity index is 4.78. The van der Waals surface area contributed by atoms with Gasteiger partial charge in [0.1, 0.15) is 5.76 Å². The third kappa shape index (κ3) is 4.41. The Morgan fingerprint density at radius 3 is 1.86 bits per heavy atom. The second-order valence-corrected chi connectivity index (χ2v) is 2.88. The van der Waals surface area contributed by atoms with Crippen LogP contribution in [0.5, 0.6) is 0 Å². The molecule has 0 spiro atoms. The van der Waals surface area contributed by atoms with Crippen molar-refractivity contribution >= 4 is 33.7 Å². The molecule has 0 aromatic carbocycles. The lowest BCUT2D eigenvalue weighted by Gasteiger charge is -1.94. The molecule has 0 atom stereocenters. The lowest BCUT2D eigenvalue weighted by atomic mass is 10.3. The fourth-order valence-corrected chi connectivity index (χ4v) is 0.747. The van der Waals surface area contributed by atoms with Gasteiger partial charge in [-0.2, -0.15) is 0 Å². The minimum atomic E-state index is -1.74. The smallest absolute Gasteiger partial charge is 0.376 e. The summed E-state index contributed by atoms with van der Waals surface area (Å²) in [6.07, 6.45) is 0.965. The Kier molecular flexibility index (Phi) is 4.57. The number of allylic oxidation sites excluding steroid dienone is 1. The molecule has 76 valence electrons. The summed E-state index contributed by atoms with van der Waals surface area (Å²) in [5.41, 5.74) is 0. The van der Waals surface area contributed by atoms with Gasteiger partial charge in [0.25, 0.3) is 5.78 Å². The first-order chi connectivity index (χ1) is 6.34. The van der Waals surface area contributed by atoms with Crippen LogP contribution < -0.4 is 0 Å². The van der Waals surface area contributed by atoms with Crippen LogP contribution in [0, 0.1) is 0 Å². The van der Waals surface area contributed by atoms with E-state index >= 15 is 0 Å². The van der Waals surface area contributed by atoms with Crippen molar-refractivity contribution in [2.75, 3.05) is 0 Å². The van der Waals surface area contributed by atoms with Gasteiger partial charge in [-0.25, -0.2) is 9.59 Å². The van der Waals surface area contributed by atoms with E-state index in [9.17, 15) is 14.4 Å². The van der Waals surface area contributed by atoms with Crippen molar-refractivity contribution in [3.63, 3.8) is 0 Å². The molecule has 0 aromatic rings. The zero-order valence-corrected chi connectivity index (χ0v) is 8.19. The molecule has 6 nitrogen and oxygen atoms in total. The number of aliphatic hydroxyl groups excluding tert-OH is 1. The average molecular weight is 265 g/mol. The summed E-state index contributed by atoms with van der Waals surface area (Å²) in [4.78, 5) is 30.6. The van der Waals surface area contributed by atoms with E-state index in [2.05, 4.69) is 15.9 Å². The number of hydrogen-bond acceptors (Lipinski definition) is 4. The number of ketones is 1. The molecule has 14 heavy (non-hydrogen) atoms. The molecule has 0 aromatic heterocycles. The summed E-state index contributed by atoms with van der Waals surface area (Å²) in [6, 6.07) is 0. The molecule has 0 saturated carbocycles. The molecular formula is C7H5BrO6. The zero-order chi connectivity index (χ0) is 11.3. The molecule has 0 aliphatic rings. The summed E-state index contributed by atoms with van der Waals surface area (Å²) in [6.45, 7) is 0. The van der Waals surface area contributed by atoms with E-state index in [0.29, 0.717) is 12.2 Å². The molecule has 3 N–H and O–H groups in total. The van der Waals surface area contributed by atoms with Crippen LogP contribution >= 0.6 is 15.9 Å². The Morgan fingerprint density at radius 1 is 1.00 bits per heavy atom. The summed E-state index contributed by atoms with van der Waals surface area (Å²) in [5.74, 6) is -5.20. The van der Waals surface area contributed by atoms with Gasteiger partial charge in [-0.05, 0) is 15.9 Å². The zero-order valence-electron chi connectivity index (χ0n) is 6.60. The predicted octanol–water partition coefficient (Wildman–Crippen LogP) is 0.445. The third-order valence-corrected chi connectivity index (χ3v) is 1.61. The third-order valence-electron chi connectivity index (χ3n) is 0.973. The Labute approximate surface area is 86.3 Å². The van der Waals surface area contributed by atoms with Gasteiger partial charge in [-0.1, -0.05) is 0 Å². The van der Waals surface area contributed by atoms with Crippen LogP contribution in [-0.4, -0.2) is 33.0 Å². The molecule has 0 unspecified atom stereocenters. The van der Waals surface area contributed by atoms with Crippen LogP contribution in [0.15, 0.2) is 22.4 Å². The van der Waals surface area contributed by atoms with Crippen LogP contribution in [0.1, 0.15) is 0 Å². The van der Waals surface area contributed by atoms with Gasteiger partial charge in [0.15, 0.2) is 0 Å². The van der Waals surface area contributed by atoms with Crippen LogP contribution in [0.4, 0.5) is 0 Å². The van der Waals surface area contributed by atoms with Crippen molar-refractivity contribution in [2.45, 2.75) is 0 Å². The van der Waals surface area contributed by atoms with Gasteiger partial charge in [-0.15, -0.1) is 0 Å². The molecular weight excluding hydrogens is 260 g/mol. The first-order valence-electron chi connectivity index (χ1n) is 3.13. The van der Waals surface area contributed by atoms with Crippen LogP contribution in [0.25, 0.3) is 0 Å². The van der Waals surface area contributed by atoms with Crippen LogP contribution in [0.3, 0.4) is 0 Å². The highest BCUT2D eigenvalue weighted by Crippen LogP contribution is 2.13. The largest absolute Gasteiger partial charge is 0.507 e. The highest BCUT2D eigenvalue weighted by molar-refractivity contribution is 9.12. The first kappa shape index (κ1) is 12.4. The SMILES string of the molecule is O=C(O)C=C(Br)C(O)=CC(=O)C(=O)O. The fraction of sp³-hybridized carbons (Fsp3) is 0. The first-order valence-corrected chi connectivity index (χ1v) is 3.92. The maximum Gasteiger partial charge on any atom is 0.376 e. The second-order valence-electron chi connectivity index (χ2n) is 2.03. The molecule has 0 heterocycles. The minimum Gasteiger partial charge on any atom is -0.507 e. The molecule has 0 bridgehead atoms. The van der Waals surface area contributed by atoms with Crippen LogP contribution in [-0.2, 0) is 14.4 Å². The predicted molar refractivity (Wildman–Crippen MR) is 48.0 cm³/mol. The van der Waals surface area contributed by atoms with Gasteiger partial charge in [0.2, 0.25) is 0 Å². The van der Waals surface area contributed by atoms with Crippen molar-refractivity contribution < 1.29 is 29.7 Å². The second kappa shape index (κ2) is 5.18. The lowest BCUT2D eigenvalue weighted by molar-refractivity contribution is -0.146. The minimum absolute atomic E-state index is 0.292. The average Bonchev–Trinajstić information content (AvgIpc) is 2.02. The van der Waals surface area contributed by atoms with E-state index in [0.717, 1.165) is 0 Å². The van der Waals surface area contributed by atoms with Crippen molar-refractivity contribution in [3.8, 4) is 0 Å². The number of carboxylic acids is 2. The monoisotopic (exact) mass is 264 g/mol. The molecule has 0 rings (SSSR count). The van der Waals surface area contributed by atoms with E-state index < -0.39 is 23.5 Å². The van der Waals surface area contributed by atoms with Crippen molar-refractivity contribution in [2.24, 2.45) is 0 Å². The standard InChI is InChI=1S/C7H5BrO6/c8-3(1-6(11)12)4(9)2-5(10)7(13)14/h1-2,9H,(H,11,12)(H,13,14). The number of halogens is 1. The van der Waals surface area contributed by atoms with E-state index in [1.165, 1.54) is 0 Å². The Hall–Kier alpha value is -1.63. The number of carbonyl (C=O) groups is 3. The number of rotatable bonds is 4. The van der Waals surface area contributed by atoms with Crippen molar-refractivity contribution in [3.05, 3.63) is 22.4 Å². The molecule has 0 saturated heterocycles. The number of carboxylic acid groups (broad SMARTS) is 2. The van der Waals surface area contributed by atoms with Gasteiger partial charge in [-0.3, -0.25) is 4.79 Å². The molecule has 0 fully saturated rings. The highest BCUT2D eigenvalue weighted by Gasteiger charge is 2.11. The summed E-state index contributed by atoms with van der Waals surface area (Å²) in [7, 11) is 0. The van der Waals surface area contributed by atoms with Gasteiger partial charge in [0.05, 0.1) is 4.48 Å².